The van der Waals surface area contributed by atoms with Crippen LogP contribution >= 0.6 is 0 Å². The standard InChI is InChI=1S/C32H33N.C23H22.4C2H6.C2H4/c1-25(22-29-16-6-4-13-26(29)2)12-10-11-21-33(24-31-18-7-5-14-27(31)3)32-20-19-28-15-8-9-17-30(28)23-32;1-4-18(5-2)20-11-12-21(15-20)23-14-17(3)13-22(16-23)19-9-7-6-8-10-19;5*1-2/h4-5,7-15,17-21,23H,1,6,16,22,24H2,2-3H3;4-14,16H,1,15H2,2-3H3;4*1-2H3;1-2H2/b12-10-,21-11-;18-5+;;;;;. The first-order chi connectivity index (χ1) is 32.3. The van der Waals surface area contributed by atoms with Crippen LogP contribution in [-0.2, 0) is 6.54 Å². The molecule has 0 bridgehead atoms. The second-order valence-electron chi connectivity index (χ2n) is 14.8. The Morgan fingerprint density at radius 3 is 1.95 bits per heavy atom. The SMILES string of the molecule is C=C.C=C(/C=C\C=C/N(Cc1ccccc1C)c1ccc2ccccc2c1)CC1=C(C)C=CCC1.C=C/C(=C\C)C1=CC=C(c2cc(C)cc(-c3ccccc3)c2)C1.CC.CC.CC.CC. The summed E-state index contributed by atoms with van der Waals surface area (Å²) in [7, 11) is 0. The van der Waals surface area contributed by atoms with Gasteiger partial charge in [0.1, 0.15) is 0 Å². The third-order valence-electron chi connectivity index (χ3n) is 10.7. The summed E-state index contributed by atoms with van der Waals surface area (Å²) in [6, 6.07) is 41.2. The molecule has 7 rings (SSSR count). The van der Waals surface area contributed by atoms with Crippen LogP contribution in [0.3, 0.4) is 0 Å². The minimum Gasteiger partial charge on any atom is -0.344 e. The maximum atomic E-state index is 4.28. The molecule has 0 N–H and O–H groups in total. The maximum absolute atomic E-state index is 4.28. The van der Waals surface area contributed by atoms with Crippen molar-refractivity contribution in [2.75, 3.05) is 4.90 Å². The Bertz CT molecular complexity index is 2420. The van der Waals surface area contributed by atoms with Crippen molar-refractivity contribution in [3.63, 3.8) is 0 Å². The number of aryl methyl sites for hydroxylation is 2. The van der Waals surface area contributed by atoms with E-state index < -0.39 is 0 Å². The van der Waals surface area contributed by atoms with Crippen molar-refractivity contribution >= 4 is 22.0 Å². The van der Waals surface area contributed by atoms with Gasteiger partial charge in [-0.2, -0.15) is 0 Å². The Labute approximate surface area is 404 Å². The van der Waals surface area contributed by atoms with E-state index in [0.717, 1.165) is 37.8 Å². The zero-order valence-electron chi connectivity index (χ0n) is 43.1. The fraction of sp³-hybridized carbons (Fsp3) is 0.262. The van der Waals surface area contributed by atoms with Gasteiger partial charge in [-0.1, -0.05) is 231 Å². The summed E-state index contributed by atoms with van der Waals surface area (Å²) in [5, 5.41) is 2.52. The lowest BCUT2D eigenvalue weighted by molar-refractivity contribution is 0.893. The lowest BCUT2D eigenvalue weighted by Crippen LogP contribution is -2.16. The molecule has 0 atom stereocenters. The van der Waals surface area contributed by atoms with Gasteiger partial charge in [-0.15, -0.1) is 13.2 Å². The number of benzene rings is 5. The van der Waals surface area contributed by atoms with Gasteiger partial charge in [0.2, 0.25) is 0 Å². The van der Waals surface area contributed by atoms with E-state index in [4.69, 9.17) is 0 Å². The first-order valence-corrected chi connectivity index (χ1v) is 24.4. The summed E-state index contributed by atoms with van der Waals surface area (Å²) in [5.41, 5.74) is 17.0. The summed E-state index contributed by atoms with van der Waals surface area (Å²) in [6.07, 6.45) is 25.8. The number of anilines is 1. The zero-order chi connectivity index (χ0) is 49.3. The summed E-state index contributed by atoms with van der Waals surface area (Å²) in [4.78, 5) is 2.32. The van der Waals surface area contributed by atoms with Crippen LogP contribution in [0.4, 0.5) is 5.69 Å². The molecule has 1 nitrogen and oxygen atoms in total. The zero-order valence-corrected chi connectivity index (χ0v) is 43.1. The van der Waals surface area contributed by atoms with Crippen molar-refractivity contribution in [3.05, 3.63) is 253 Å². The molecule has 0 heterocycles. The average molecular weight is 878 g/mol. The molecule has 0 fully saturated rings. The predicted octanol–water partition coefficient (Wildman–Crippen LogP) is 20.3. The highest BCUT2D eigenvalue weighted by atomic mass is 15.1. The molecule has 348 valence electrons. The van der Waals surface area contributed by atoms with Crippen LogP contribution in [0.15, 0.2) is 230 Å². The van der Waals surface area contributed by atoms with Crippen molar-refractivity contribution in [1.82, 2.24) is 0 Å². The minimum atomic E-state index is 0.828. The number of allylic oxidation sites excluding steroid dienone is 15. The molecule has 0 amide bonds. The largest absolute Gasteiger partial charge is 0.344 e. The van der Waals surface area contributed by atoms with Gasteiger partial charge in [0, 0.05) is 18.4 Å². The minimum absolute atomic E-state index is 0.828. The highest BCUT2D eigenvalue weighted by Gasteiger charge is 2.14. The molecule has 5 aromatic carbocycles. The van der Waals surface area contributed by atoms with Crippen molar-refractivity contribution in [3.8, 4) is 11.1 Å². The van der Waals surface area contributed by atoms with Crippen molar-refractivity contribution in [2.45, 2.75) is 115 Å². The first-order valence-electron chi connectivity index (χ1n) is 24.4. The lowest BCUT2D eigenvalue weighted by atomic mass is 9.93. The Kier molecular flexibility index (Phi) is 29.6. The Hall–Kier alpha value is -6.44. The van der Waals surface area contributed by atoms with E-state index in [1.807, 2.05) is 61.5 Å². The van der Waals surface area contributed by atoms with Gasteiger partial charge in [-0.3, -0.25) is 0 Å². The van der Waals surface area contributed by atoms with E-state index in [9.17, 15) is 0 Å². The molecular formula is C65H83N. The molecule has 2 aliphatic rings. The molecule has 0 aliphatic heterocycles. The van der Waals surface area contributed by atoms with Gasteiger partial charge in [0.25, 0.3) is 0 Å². The van der Waals surface area contributed by atoms with Gasteiger partial charge < -0.3 is 4.90 Å². The van der Waals surface area contributed by atoms with Crippen molar-refractivity contribution in [2.24, 2.45) is 0 Å². The van der Waals surface area contributed by atoms with E-state index in [1.54, 1.807) is 0 Å². The van der Waals surface area contributed by atoms with E-state index in [1.165, 1.54) is 77.7 Å². The number of rotatable bonds is 12. The smallest absolute Gasteiger partial charge is 0.0478 e. The Morgan fingerprint density at radius 2 is 1.30 bits per heavy atom. The summed E-state index contributed by atoms with van der Waals surface area (Å²) < 4.78 is 0. The first kappa shape index (κ1) is 57.6. The molecule has 0 unspecified atom stereocenters. The van der Waals surface area contributed by atoms with Gasteiger partial charge in [-0.05, 0) is 139 Å². The molecular weight excluding hydrogens is 795 g/mol. The molecule has 0 saturated heterocycles. The predicted molar refractivity (Wildman–Crippen MR) is 302 cm³/mol. The lowest BCUT2D eigenvalue weighted by Gasteiger charge is -2.22. The van der Waals surface area contributed by atoms with Gasteiger partial charge in [0.05, 0.1) is 0 Å². The molecule has 0 radical (unpaired) electrons. The quantitative estimate of drug-likeness (QED) is 0.0892. The second kappa shape index (κ2) is 34.0. The number of nitrogens with zero attached hydrogens (tertiary/aromatic N) is 1. The molecule has 66 heavy (non-hydrogen) atoms. The highest BCUT2D eigenvalue weighted by molar-refractivity contribution is 5.86. The van der Waals surface area contributed by atoms with Crippen molar-refractivity contribution in [1.29, 1.82) is 0 Å². The van der Waals surface area contributed by atoms with Crippen LogP contribution in [0.25, 0.3) is 27.5 Å². The van der Waals surface area contributed by atoms with Gasteiger partial charge in [0.15, 0.2) is 0 Å². The second-order valence-corrected chi connectivity index (χ2v) is 14.8. The Morgan fingerprint density at radius 1 is 0.667 bits per heavy atom. The fourth-order valence-corrected chi connectivity index (χ4v) is 7.42. The maximum Gasteiger partial charge on any atom is 0.0478 e. The number of fused-ring (bicyclic) bond motifs is 1. The van der Waals surface area contributed by atoms with Crippen molar-refractivity contribution < 1.29 is 0 Å². The number of hydrogen-bond acceptors (Lipinski definition) is 1. The van der Waals surface area contributed by atoms with Gasteiger partial charge >= 0.3 is 0 Å². The van der Waals surface area contributed by atoms with E-state index in [-0.39, 0.29) is 0 Å². The van der Waals surface area contributed by atoms with E-state index in [0.29, 0.717) is 0 Å². The monoisotopic (exact) mass is 878 g/mol. The van der Waals surface area contributed by atoms with Gasteiger partial charge in [-0.25, -0.2) is 0 Å². The van der Waals surface area contributed by atoms with Crippen LogP contribution in [-0.4, -0.2) is 0 Å². The molecule has 0 spiro atoms. The van der Waals surface area contributed by atoms with Crippen LogP contribution in [0.2, 0.25) is 0 Å². The third-order valence-corrected chi connectivity index (χ3v) is 10.7. The number of hydrogen-bond donors (Lipinski definition) is 0. The van der Waals surface area contributed by atoms with Crippen LogP contribution < -0.4 is 4.90 Å². The molecule has 0 saturated carbocycles. The third kappa shape index (κ3) is 18.6. The van der Waals surface area contributed by atoms with Crippen LogP contribution in [0, 0.1) is 13.8 Å². The average Bonchev–Trinajstić information content (AvgIpc) is 3.88. The topological polar surface area (TPSA) is 3.24 Å². The molecule has 5 aromatic rings. The fourth-order valence-electron chi connectivity index (χ4n) is 7.42. The van der Waals surface area contributed by atoms with Crippen LogP contribution in [0.1, 0.15) is 117 Å². The van der Waals surface area contributed by atoms with Crippen LogP contribution in [0.5, 0.6) is 0 Å². The van der Waals surface area contributed by atoms with E-state index in [2.05, 4.69) is 229 Å². The summed E-state index contributed by atoms with van der Waals surface area (Å²) in [5.74, 6) is 0. The normalized spacial score (nSPS) is 12.5. The highest BCUT2D eigenvalue weighted by Crippen LogP contribution is 2.35. The summed E-state index contributed by atoms with van der Waals surface area (Å²) >= 11 is 0. The molecule has 2 aliphatic carbocycles. The van der Waals surface area contributed by atoms with E-state index >= 15 is 0 Å². The summed E-state index contributed by atoms with van der Waals surface area (Å²) in [6.45, 7) is 39.6. The molecule has 0 aromatic heterocycles. The molecule has 1 heteroatoms. The Balaban J connectivity index is 0.000000578.